The number of hydrogen-bond acceptors (Lipinski definition) is 3. The fourth-order valence-corrected chi connectivity index (χ4v) is 3.64. The smallest absolute Gasteiger partial charge is 0.0708 e. The minimum absolute atomic E-state index is 0.260. The summed E-state index contributed by atoms with van der Waals surface area (Å²) in [5.41, 5.74) is 0.563. The molecule has 0 bridgehead atoms. The van der Waals surface area contributed by atoms with Crippen LogP contribution in [0, 0.1) is 5.41 Å². The highest BCUT2D eigenvalue weighted by Crippen LogP contribution is 2.41. The Hall–Kier alpha value is -0.120. The van der Waals surface area contributed by atoms with E-state index in [-0.39, 0.29) is 5.60 Å². The summed E-state index contributed by atoms with van der Waals surface area (Å²) in [6.07, 6.45) is 10.8. The molecule has 1 aliphatic carbocycles. The van der Waals surface area contributed by atoms with Gasteiger partial charge in [-0.3, -0.25) is 0 Å². The molecular formula is C17H33NO2. The van der Waals surface area contributed by atoms with E-state index in [1.165, 1.54) is 44.9 Å². The van der Waals surface area contributed by atoms with Gasteiger partial charge in [-0.1, -0.05) is 33.1 Å². The molecule has 2 aliphatic rings. The molecule has 20 heavy (non-hydrogen) atoms. The standard InChI is InChI=1S/C17H33NO2/c1-16(2,11-12-19-3)14-18-13-15-7-10-17(20-15)8-5-4-6-9-17/h15,18H,4-14H2,1-3H3. The molecular weight excluding hydrogens is 250 g/mol. The summed E-state index contributed by atoms with van der Waals surface area (Å²) < 4.78 is 11.6. The van der Waals surface area contributed by atoms with Gasteiger partial charge in [0.1, 0.15) is 0 Å². The Balaban J connectivity index is 1.65. The van der Waals surface area contributed by atoms with Crippen molar-refractivity contribution in [2.45, 2.75) is 76.9 Å². The van der Waals surface area contributed by atoms with Crippen LogP contribution in [0.2, 0.25) is 0 Å². The fourth-order valence-electron chi connectivity index (χ4n) is 3.64. The van der Waals surface area contributed by atoms with Crippen LogP contribution in [0.15, 0.2) is 0 Å². The quantitative estimate of drug-likeness (QED) is 0.775. The molecule has 0 aromatic carbocycles. The van der Waals surface area contributed by atoms with E-state index in [2.05, 4.69) is 19.2 Å². The summed E-state index contributed by atoms with van der Waals surface area (Å²) in [4.78, 5) is 0. The minimum Gasteiger partial charge on any atom is -0.385 e. The largest absolute Gasteiger partial charge is 0.385 e. The van der Waals surface area contributed by atoms with Crippen LogP contribution in [0.5, 0.6) is 0 Å². The van der Waals surface area contributed by atoms with E-state index in [9.17, 15) is 0 Å². The summed E-state index contributed by atoms with van der Waals surface area (Å²) in [5, 5.41) is 3.62. The first-order valence-corrected chi connectivity index (χ1v) is 8.43. The molecule has 0 radical (unpaired) electrons. The molecule has 1 N–H and O–H groups in total. The number of hydrogen-bond donors (Lipinski definition) is 1. The third-order valence-electron chi connectivity index (χ3n) is 5.06. The van der Waals surface area contributed by atoms with Crippen LogP contribution in [0.4, 0.5) is 0 Å². The molecule has 118 valence electrons. The Bertz CT molecular complexity index is 285. The highest BCUT2D eigenvalue weighted by molar-refractivity contribution is 4.91. The third kappa shape index (κ3) is 4.71. The summed E-state index contributed by atoms with van der Waals surface area (Å²) in [7, 11) is 1.78. The van der Waals surface area contributed by atoms with Crippen molar-refractivity contribution in [1.29, 1.82) is 0 Å². The Labute approximate surface area is 124 Å². The van der Waals surface area contributed by atoms with Gasteiger partial charge in [0, 0.05) is 26.8 Å². The van der Waals surface area contributed by atoms with Crippen LogP contribution < -0.4 is 5.32 Å². The van der Waals surface area contributed by atoms with Gasteiger partial charge in [-0.25, -0.2) is 0 Å². The second kappa shape index (κ2) is 7.24. The third-order valence-corrected chi connectivity index (χ3v) is 5.06. The Morgan fingerprint density at radius 3 is 2.65 bits per heavy atom. The van der Waals surface area contributed by atoms with Gasteiger partial charge < -0.3 is 14.8 Å². The molecule has 1 spiro atoms. The first-order chi connectivity index (χ1) is 9.55. The number of rotatable bonds is 7. The fraction of sp³-hybridized carbons (Fsp3) is 1.00. The van der Waals surface area contributed by atoms with Gasteiger partial charge in [0.05, 0.1) is 11.7 Å². The molecule has 1 atom stereocenters. The topological polar surface area (TPSA) is 30.5 Å². The van der Waals surface area contributed by atoms with Crippen LogP contribution in [0.1, 0.15) is 65.2 Å². The molecule has 3 nitrogen and oxygen atoms in total. The summed E-state index contributed by atoms with van der Waals surface area (Å²) in [5.74, 6) is 0. The Morgan fingerprint density at radius 1 is 1.20 bits per heavy atom. The van der Waals surface area contributed by atoms with Crippen LogP contribution in [-0.4, -0.2) is 38.5 Å². The van der Waals surface area contributed by atoms with Crippen molar-refractivity contribution in [2.75, 3.05) is 26.8 Å². The highest BCUT2D eigenvalue weighted by atomic mass is 16.5. The average molecular weight is 283 g/mol. The molecule has 0 amide bonds. The lowest BCUT2D eigenvalue weighted by molar-refractivity contribution is -0.0627. The van der Waals surface area contributed by atoms with Gasteiger partial charge in [-0.15, -0.1) is 0 Å². The van der Waals surface area contributed by atoms with Crippen molar-refractivity contribution >= 4 is 0 Å². The molecule has 2 rings (SSSR count). The van der Waals surface area contributed by atoms with Crippen molar-refractivity contribution in [3.05, 3.63) is 0 Å². The summed E-state index contributed by atoms with van der Waals surface area (Å²) in [6.45, 7) is 7.51. The zero-order valence-electron chi connectivity index (χ0n) is 13.7. The van der Waals surface area contributed by atoms with Gasteiger partial charge in [-0.05, 0) is 37.5 Å². The van der Waals surface area contributed by atoms with Crippen molar-refractivity contribution in [2.24, 2.45) is 5.41 Å². The molecule has 1 saturated heterocycles. The van der Waals surface area contributed by atoms with E-state index >= 15 is 0 Å². The molecule has 2 fully saturated rings. The van der Waals surface area contributed by atoms with Crippen LogP contribution >= 0.6 is 0 Å². The average Bonchev–Trinajstić information content (AvgIpc) is 2.80. The first-order valence-electron chi connectivity index (χ1n) is 8.43. The van der Waals surface area contributed by atoms with Crippen LogP contribution in [0.25, 0.3) is 0 Å². The Kier molecular flexibility index (Phi) is 5.88. The summed E-state index contributed by atoms with van der Waals surface area (Å²) in [6, 6.07) is 0. The first kappa shape index (κ1) is 16.3. The number of methoxy groups -OCH3 is 1. The SMILES string of the molecule is COCCC(C)(C)CNCC1CCC2(CCCCC2)O1. The van der Waals surface area contributed by atoms with Gasteiger partial charge in [0.15, 0.2) is 0 Å². The normalized spacial score (nSPS) is 26.2. The Morgan fingerprint density at radius 2 is 1.95 bits per heavy atom. The molecule has 0 aromatic rings. The second-order valence-electron chi connectivity index (χ2n) is 7.56. The van der Waals surface area contributed by atoms with Crippen molar-refractivity contribution in [1.82, 2.24) is 5.32 Å². The second-order valence-corrected chi connectivity index (χ2v) is 7.56. The van der Waals surface area contributed by atoms with Crippen molar-refractivity contribution < 1.29 is 9.47 Å². The maximum Gasteiger partial charge on any atom is 0.0708 e. The lowest BCUT2D eigenvalue weighted by Gasteiger charge is -2.33. The van der Waals surface area contributed by atoms with E-state index in [0.717, 1.165) is 26.1 Å². The zero-order chi connectivity index (χ0) is 14.5. The van der Waals surface area contributed by atoms with Crippen molar-refractivity contribution in [3.63, 3.8) is 0 Å². The molecule has 1 heterocycles. The van der Waals surface area contributed by atoms with Gasteiger partial charge in [0.25, 0.3) is 0 Å². The number of nitrogens with one attached hydrogen (secondary N) is 1. The van der Waals surface area contributed by atoms with E-state index in [0.29, 0.717) is 11.5 Å². The van der Waals surface area contributed by atoms with Crippen LogP contribution in [0.3, 0.4) is 0 Å². The summed E-state index contributed by atoms with van der Waals surface area (Å²) >= 11 is 0. The maximum absolute atomic E-state index is 6.40. The minimum atomic E-state index is 0.260. The van der Waals surface area contributed by atoms with E-state index in [1.807, 2.05) is 0 Å². The lowest BCUT2D eigenvalue weighted by Crippen LogP contribution is -2.37. The van der Waals surface area contributed by atoms with E-state index in [1.54, 1.807) is 7.11 Å². The van der Waals surface area contributed by atoms with Gasteiger partial charge in [-0.2, -0.15) is 0 Å². The van der Waals surface area contributed by atoms with Crippen LogP contribution in [-0.2, 0) is 9.47 Å². The van der Waals surface area contributed by atoms with Gasteiger partial charge >= 0.3 is 0 Å². The molecule has 1 saturated carbocycles. The predicted octanol–water partition coefficient (Wildman–Crippen LogP) is 3.52. The van der Waals surface area contributed by atoms with E-state index in [4.69, 9.17) is 9.47 Å². The molecule has 3 heteroatoms. The highest BCUT2D eigenvalue weighted by Gasteiger charge is 2.40. The van der Waals surface area contributed by atoms with E-state index < -0.39 is 0 Å². The molecule has 1 aliphatic heterocycles. The maximum atomic E-state index is 6.40. The molecule has 1 unspecified atom stereocenters. The predicted molar refractivity (Wildman–Crippen MR) is 83.1 cm³/mol. The lowest BCUT2D eigenvalue weighted by atomic mass is 9.83. The number of ether oxygens (including phenoxy) is 2. The monoisotopic (exact) mass is 283 g/mol. The van der Waals surface area contributed by atoms with Gasteiger partial charge in [0.2, 0.25) is 0 Å². The van der Waals surface area contributed by atoms with Crippen molar-refractivity contribution in [3.8, 4) is 0 Å². The zero-order valence-corrected chi connectivity index (χ0v) is 13.7. The molecule has 0 aromatic heterocycles.